The number of ketones is 1. The maximum Gasteiger partial charge on any atom is 0.164 e. The van der Waals surface area contributed by atoms with Gasteiger partial charge in [-0.2, -0.15) is 5.26 Å². The van der Waals surface area contributed by atoms with Crippen molar-refractivity contribution >= 4 is 11.5 Å². The van der Waals surface area contributed by atoms with Gasteiger partial charge in [-0.25, -0.2) is 0 Å². The molecule has 30 heavy (non-hydrogen) atoms. The van der Waals surface area contributed by atoms with Gasteiger partial charge in [0, 0.05) is 34.9 Å². The van der Waals surface area contributed by atoms with Crippen molar-refractivity contribution in [3.8, 4) is 17.6 Å². The monoisotopic (exact) mass is 400 g/mol. The van der Waals surface area contributed by atoms with Crippen LogP contribution in [-0.2, 0) is 4.79 Å². The predicted molar refractivity (Wildman–Crippen MR) is 115 cm³/mol. The van der Waals surface area contributed by atoms with Crippen molar-refractivity contribution < 1.29 is 14.3 Å². The van der Waals surface area contributed by atoms with E-state index in [-0.39, 0.29) is 11.7 Å². The molecule has 2 aliphatic rings. The lowest BCUT2D eigenvalue weighted by atomic mass is 9.69. The van der Waals surface area contributed by atoms with Crippen LogP contribution >= 0.6 is 0 Å². The van der Waals surface area contributed by atoms with E-state index in [9.17, 15) is 10.1 Å². The molecule has 0 spiro atoms. The number of carbonyl (C=O) groups excluding carboxylic acids is 1. The summed E-state index contributed by atoms with van der Waals surface area (Å²) in [6.45, 7) is 1.87. The van der Waals surface area contributed by atoms with Crippen LogP contribution in [0.1, 0.15) is 42.7 Å². The van der Waals surface area contributed by atoms with Gasteiger partial charge in [0.2, 0.25) is 0 Å². The van der Waals surface area contributed by atoms with Crippen LogP contribution in [0.2, 0.25) is 0 Å². The Morgan fingerprint density at radius 2 is 1.80 bits per heavy atom. The van der Waals surface area contributed by atoms with E-state index in [0.29, 0.717) is 29.9 Å². The normalized spacial score (nSPS) is 23.3. The van der Waals surface area contributed by atoms with Crippen molar-refractivity contribution in [1.82, 2.24) is 0 Å². The number of nitrogens with zero attached hydrogens (tertiary/aromatic N) is 2. The number of ether oxygens (including phenoxy) is 2. The Balaban J connectivity index is 1.85. The second-order valence-corrected chi connectivity index (χ2v) is 7.72. The Bertz CT molecular complexity index is 1080. The molecule has 0 aromatic heterocycles. The summed E-state index contributed by atoms with van der Waals surface area (Å²) >= 11 is 0. The Morgan fingerprint density at radius 3 is 2.47 bits per heavy atom. The zero-order valence-corrected chi connectivity index (χ0v) is 17.4. The zero-order chi connectivity index (χ0) is 21.3. The van der Waals surface area contributed by atoms with Crippen molar-refractivity contribution in [2.24, 2.45) is 10.9 Å². The molecular formula is C25H24N2O3. The number of aliphatic imine (C=N–C) groups is 1. The number of Topliss-reactive ketones (excluding diaryl/α,β-unsaturated/α-hetero) is 1. The highest BCUT2D eigenvalue weighted by Crippen LogP contribution is 2.49. The maximum atomic E-state index is 13.4. The Labute approximate surface area is 176 Å². The molecule has 1 unspecified atom stereocenters. The number of allylic oxidation sites excluding steroid dienone is 2. The molecule has 2 aromatic carbocycles. The standard InChI is InChI=1S/C25H24N2O3/c1-15-19(14-26)23(18-10-7-11-22(29-2)25(18)30-3)24-20(27-15)12-17(13-21(24)28)16-8-5-4-6-9-16/h4-11,17,19,23H,12-13H2,1-3H3/t17-,19?,23+/m1/s1. The maximum absolute atomic E-state index is 13.4. The zero-order valence-electron chi connectivity index (χ0n) is 17.4. The van der Waals surface area contributed by atoms with E-state index in [1.807, 2.05) is 43.3 Å². The summed E-state index contributed by atoms with van der Waals surface area (Å²) in [5.74, 6) is 0.347. The third kappa shape index (κ3) is 3.29. The highest BCUT2D eigenvalue weighted by atomic mass is 16.5. The van der Waals surface area contributed by atoms with Gasteiger partial charge in [-0.05, 0) is 30.9 Å². The first-order chi connectivity index (χ1) is 14.6. The predicted octanol–water partition coefficient (Wildman–Crippen LogP) is 4.80. The number of methoxy groups -OCH3 is 2. The van der Waals surface area contributed by atoms with Gasteiger partial charge in [-0.15, -0.1) is 0 Å². The first-order valence-corrected chi connectivity index (χ1v) is 10.1. The molecule has 4 rings (SSSR count). The van der Waals surface area contributed by atoms with Crippen LogP contribution in [0.15, 0.2) is 64.8 Å². The summed E-state index contributed by atoms with van der Waals surface area (Å²) in [7, 11) is 3.16. The highest BCUT2D eigenvalue weighted by molar-refractivity contribution is 6.03. The molecule has 1 aliphatic carbocycles. The third-order valence-electron chi connectivity index (χ3n) is 6.07. The van der Waals surface area contributed by atoms with Crippen molar-refractivity contribution in [1.29, 1.82) is 5.26 Å². The molecule has 0 bridgehead atoms. The van der Waals surface area contributed by atoms with E-state index in [1.165, 1.54) is 0 Å². The summed E-state index contributed by atoms with van der Waals surface area (Å²) in [6.07, 6.45) is 1.10. The molecule has 0 fully saturated rings. The SMILES string of the molecule is COc1cccc([C@@H]2C3=C(C[C@@H](c4ccccc4)CC3=O)N=C(C)C2C#N)c1OC. The second-order valence-electron chi connectivity index (χ2n) is 7.72. The van der Waals surface area contributed by atoms with Gasteiger partial charge in [0.15, 0.2) is 17.3 Å². The molecule has 1 aliphatic heterocycles. The van der Waals surface area contributed by atoms with E-state index >= 15 is 0 Å². The van der Waals surface area contributed by atoms with E-state index in [0.717, 1.165) is 22.5 Å². The summed E-state index contributed by atoms with van der Waals surface area (Å²) in [6, 6.07) is 18.1. The van der Waals surface area contributed by atoms with E-state index < -0.39 is 11.8 Å². The molecule has 0 saturated heterocycles. The van der Waals surface area contributed by atoms with Crippen LogP contribution in [0.3, 0.4) is 0 Å². The molecule has 5 nitrogen and oxygen atoms in total. The lowest BCUT2D eigenvalue weighted by molar-refractivity contribution is -0.116. The van der Waals surface area contributed by atoms with Crippen LogP contribution < -0.4 is 9.47 Å². The molecule has 3 atom stereocenters. The number of hydrogen-bond donors (Lipinski definition) is 0. The second kappa shape index (κ2) is 8.16. The quantitative estimate of drug-likeness (QED) is 0.739. The van der Waals surface area contributed by atoms with E-state index in [2.05, 4.69) is 18.2 Å². The summed E-state index contributed by atoms with van der Waals surface area (Å²) in [5.41, 5.74) is 4.09. The van der Waals surface area contributed by atoms with Crippen molar-refractivity contribution in [2.45, 2.75) is 31.6 Å². The van der Waals surface area contributed by atoms with Crippen molar-refractivity contribution in [2.75, 3.05) is 14.2 Å². The number of nitriles is 1. The molecule has 2 aromatic rings. The number of para-hydroxylation sites is 1. The van der Waals surface area contributed by atoms with Gasteiger partial charge in [0.1, 0.15) is 0 Å². The minimum Gasteiger partial charge on any atom is -0.493 e. The van der Waals surface area contributed by atoms with Gasteiger partial charge in [-0.3, -0.25) is 9.79 Å². The van der Waals surface area contributed by atoms with Gasteiger partial charge >= 0.3 is 0 Å². The van der Waals surface area contributed by atoms with E-state index in [4.69, 9.17) is 14.5 Å². The van der Waals surface area contributed by atoms with Gasteiger partial charge < -0.3 is 9.47 Å². The van der Waals surface area contributed by atoms with Crippen LogP contribution in [-0.4, -0.2) is 25.7 Å². The number of hydrogen-bond acceptors (Lipinski definition) is 5. The molecule has 0 radical (unpaired) electrons. The lowest BCUT2D eigenvalue weighted by Crippen LogP contribution is -2.32. The minimum atomic E-state index is -0.526. The lowest BCUT2D eigenvalue weighted by Gasteiger charge is -2.35. The van der Waals surface area contributed by atoms with Crippen LogP contribution in [0.5, 0.6) is 11.5 Å². The van der Waals surface area contributed by atoms with Crippen LogP contribution in [0, 0.1) is 17.2 Å². The van der Waals surface area contributed by atoms with E-state index in [1.54, 1.807) is 14.2 Å². The molecule has 0 N–H and O–H groups in total. The van der Waals surface area contributed by atoms with Crippen LogP contribution in [0.4, 0.5) is 0 Å². The fourth-order valence-corrected chi connectivity index (χ4v) is 4.68. The smallest absolute Gasteiger partial charge is 0.164 e. The molecule has 0 amide bonds. The minimum absolute atomic E-state index is 0.0523. The van der Waals surface area contributed by atoms with Gasteiger partial charge in [-0.1, -0.05) is 42.5 Å². The number of benzene rings is 2. The molecular weight excluding hydrogens is 376 g/mol. The summed E-state index contributed by atoms with van der Waals surface area (Å²) < 4.78 is 11.1. The molecule has 1 heterocycles. The summed E-state index contributed by atoms with van der Waals surface area (Å²) in [5, 5.41) is 9.95. The Kier molecular flexibility index (Phi) is 5.41. The highest BCUT2D eigenvalue weighted by Gasteiger charge is 2.42. The van der Waals surface area contributed by atoms with Gasteiger partial charge in [0.05, 0.1) is 26.2 Å². The number of rotatable bonds is 4. The van der Waals surface area contributed by atoms with Crippen molar-refractivity contribution in [3.63, 3.8) is 0 Å². The number of carbonyl (C=O) groups is 1. The average molecular weight is 400 g/mol. The fourth-order valence-electron chi connectivity index (χ4n) is 4.68. The van der Waals surface area contributed by atoms with Crippen molar-refractivity contribution in [3.05, 3.63) is 70.9 Å². The van der Waals surface area contributed by atoms with Crippen LogP contribution in [0.25, 0.3) is 0 Å². The Hall–Kier alpha value is -3.39. The topological polar surface area (TPSA) is 71.7 Å². The summed E-state index contributed by atoms with van der Waals surface area (Å²) in [4.78, 5) is 18.1. The first-order valence-electron chi connectivity index (χ1n) is 10.1. The molecule has 0 saturated carbocycles. The Morgan fingerprint density at radius 1 is 1.03 bits per heavy atom. The fraction of sp³-hybridized carbons (Fsp3) is 0.320. The molecule has 5 heteroatoms. The van der Waals surface area contributed by atoms with Gasteiger partial charge in [0.25, 0.3) is 0 Å². The largest absolute Gasteiger partial charge is 0.493 e. The molecule has 152 valence electrons. The first kappa shape index (κ1) is 19.9. The average Bonchev–Trinajstić information content (AvgIpc) is 2.77. The third-order valence-corrected chi connectivity index (χ3v) is 6.07.